The van der Waals surface area contributed by atoms with E-state index in [-0.39, 0.29) is 0 Å². The number of halogens is 2. The summed E-state index contributed by atoms with van der Waals surface area (Å²) >= 11 is 5.70. The number of hydrogen-bond donors (Lipinski definition) is 1. The van der Waals surface area contributed by atoms with Crippen LogP contribution in [0.25, 0.3) is 16.6 Å². The fraction of sp³-hybridized carbons (Fsp3) is 0. The molecule has 3 nitrogen and oxygen atoms in total. The maximum absolute atomic E-state index is 8.25. The molecule has 17 heavy (non-hydrogen) atoms. The summed E-state index contributed by atoms with van der Waals surface area (Å²) < 4.78 is 3.81. The molecule has 0 bridgehead atoms. The first-order valence-corrected chi connectivity index (χ1v) is 6.85. The molecule has 0 aliphatic rings. The number of benzene rings is 1. The average Bonchev–Trinajstić information content (AvgIpc) is 2.28. The molecule has 0 aliphatic heterocycles. The van der Waals surface area contributed by atoms with Crippen LogP contribution in [-0.4, -0.2) is 9.38 Å². The van der Waals surface area contributed by atoms with E-state index < -0.39 is 0 Å². The number of fused-ring (bicyclic) bond motifs is 2. The van der Waals surface area contributed by atoms with E-state index in [1.165, 1.54) is 0 Å². The van der Waals surface area contributed by atoms with Crippen molar-refractivity contribution in [2.45, 2.75) is 0 Å². The van der Waals surface area contributed by atoms with Gasteiger partial charge in [-0.3, -0.25) is 9.81 Å². The van der Waals surface area contributed by atoms with Gasteiger partial charge in [0.2, 0.25) is 0 Å². The summed E-state index contributed by atoms with van der Waals surface area (Å²) in [6.07, 6.45) is 1.86. The Hall–Kier alpha value is -0.950. The molecule has 0 spiro atoms. The lowest BCUT2D eigenvalue weighted by atomic mass is 10.2. The monoisotopic (exact) mass is 399 g/mol. The third-order valence-electron chi connectivity index (χ3n) is 2.59. The number of pyridine rings is 1. The minimum atomic E-state index is 0.475. The van der Waals surface area contributed by atoms with E-state index in [1.54, 1.807) is 4.40 Å². The van der Waals surface area contributed by atoms with E-state index in [0.29, 0.717) is 5.49 Å². The molecule has 0 atom stereocenters. The van der Waals surface area contributed by atoms with E-state index in [1.807, 2.05) is 36.5 Å². The Labute approximate surface area is 119 Å². The molecule has 0 amide bonds. The van der Waals surface area contributed by atoms with Crippen LogP contribution in [-0.2, 0) is 0 Å². The molecule has 0 fully saturated rings. The lowest BCUT2D eigenvalue weighted by molar-refractivity contribution is 1.00. The Morgan fingerprint density at radius 3 is 2.94 bits per heavy atom. The van der Waals surface area contributed by atoms with Crippen molar-refractivity contribution in [3.8, 4) is 0 Å². The van der Waals surface area contributed by atoms with Gasteiger partial charge in [0, 0.05) is 14.2 Å². The predicted octanol–water partition coefficient (Wildman–Crippen LogP) is 3.33. The lowest BCUT2D eigenvalue weighted by Crippen LogP contribution is -2.16. The van der Waals surface area contributed by atoms with Gasteiger partial charge in [-0.05, 0) is 46.9 Å². The Bertz CT molecular complexity index is 795. The Balaban J connectivity index is 2.64. The van der Waals surface area contributed by atoms with E-state index in [2.05, 4.69) is 43.5 Å². The molecule has 1 N–H and O–H groups in total. The van der Waals surface area contributed by atoms with Crippen molar-refractivity contribution in [1.82, 2.24) is 9.38 Å². The number of nitrogens with zero attached hydrogens (tertiary/aromatic N) is 2. The molecule has 2 aromatic heterocycles. The minimum absolute atomic E-state index is 0.475. The van der Waals surface area contributed by atoms with Crippen molar-refractivity contribution < 1.29 is 0 Å². The van der Waals surface area contributed by atoms with Gasteiger partial charge in [-0.15, -0.1) is 0 Å². The van der Waals surface area contributed by atoms with Gasteiger partial charge in [0.15, 0.2) is 0 Å². The summed E-state index contributed by atoms with van der Waals surface area (Å²) in [5, 5.41) is 9.13. The Morgan fingerprint density at radius 2 is 2.12 bits per heavy atom. The standard InChI is InChI=1S/C12H7BrIN3/c13-7-5-8(14)11-9(6-7)16-10-3-1-2-4-17(10)12(11)15/h1-6,15H. The maximum atomic E-state index is 8.25. The van der Waals surface area contributed by atoms with Gasteiger partial charge >= 0.3 is 0 Å². The van der Waals surface area contributed by atoms with Crippen LogP contribution >= 0.6 is 38.5 Å². The molecular formula is C12H7BrIN3. The molecule has 0 radical (unpaired) electrons. The minimum Gasteiger partial charge on any atom is -0.286 e. The molecule has 3 aromatic rings. The Kier molecular flexibility index (Phi) is 2.67. The number of rotatable bonds is 0. The van der Waals surface area contributed by atoms with Crippen LogP contribution in [0.2, 0.25) is 0 Å². The summed E-state index contributed by atoms with van der Waals surface area (Å²) in [4.78, 5) is 4.57. The summed E-state index contributed by atoms with van der Waals surface area (Å²) in [5.41, 5.74) is 2.11. The SMILES string of the molecule is N=c1c2c(I)cc(Br)cc2nc2ccccn12. The third kappa shape index (κ3) is 1.77. The summed E-state index contributed by atoms with van der Waals surface area (Å²) in [5.74, 6) is 0. The third-order valence-corrected chi connectivity index (χ3v) is 3.89. The number of aromatic nitrogens is 2. The second kappa shape index (κ2) is 4.06. The maximum Gasteiger partial charge on any atom is 0.141 e. The smallest absolute Gasteiger partial charge is 0.141 e. The quantitative estimate of drug-likeness (QED) is 0.457. The first-order chi connectivity index (χ1) is 8.16. The van der Waals surface area contributed by atoms with Crippen LogP contribution in [0.3, 0.4) is 0 Å². The molecule has 0 aliphatic carbocycles. The molecule has 2 heterocycles. The molecule has 84 valence electrons. The van der Waals surface area contributed by atoms with Crippen molar-refractivity contribution in [3.63, 3.8) is 0 Å². The predicted molar refractivity (Wildman–Crippen MR) is 79.0 cm³/mol. The van der Waals surface area contributed by atoms with Gasteiger partial charge in [-0.2, -0.15) is 0 Å². The summed E-state index contributed by atoms with van der Waals surface area (Å²) in [6.45, 7) is 0. The highest BCUT2D eigenvalue weighted by molar-refractivity contribution is 14.1. The normalized spacial score (nSPS) is 11.2. The van der Waals surface area contributed by atoms with Gasteiger partial charge in [0.05, 0.1) is 10.9 Å². The topological polar surface area (TPSA) is 41.2 Å². The highest BCUT2D eigenvalue weighted by atomic mass is 127. The van der Waals surface area contributed by atoms with E-state index in [4.69, 9.17) is 5.41 Å². The van der Waals surface area contributed by atoms with Gasteiger partial charge in [0.25, 0.3) is 0 Å². The van der Waals surface area contributed by atoms with Crippen molar-refractivity contribution in [2.24, 2.45) is 0 Å². The van der Waals surface area contributed by atoms with Crippen LogP contribution < -0.4 is 5.49 Å². The van der Waals surface area contributed by atoms with Gasteiger partial charge in [0.1, 0.15) is 11.1 Å². The molecule has 0 saturated heterocycles. The lowest BCUT2D eigenvalue weighted by Gasteiger charge is -2.06. The summed E-state index contributed by atoms with van der Waals surface area (Å²) in [6, 6.07) is 9.69. The van der Waals surface area contributed by atoms with Crippen LogP contribution in [0.1, 0.15) is 0 Å². The second-order valence-electron chi connectivity index (χ2n) is 3.67. The van der Waals surface area contributed by atoms with E-state index in [0.717, 1.165) is 24.6 Å². The van der Waals surface area contributed by atoms with Crippen molar-refractivity contribution in [3.05, 3.63) is 50.1 Å². The first-order valence-electron chi connectivity index (χ1n) is 4.97. The molecule has 0 unspecified atom stereocenters. The number of nitrogens with one attached hydrogen (secondary N) is 1. The van der Waals surface area contributed by atoms with Crippen molar-refractivity contribution in [2.75, 3.05) is 0 Å². The zero-order valence-corrected chi connectivity index (χ0v) is 12.4. The van der Waals surface area contributed by atoms with Gasteiger partial charge in [-0.1, -0.05) is 22.0 Å². The highest BCUT2D eigenvalue weighted by Crippen LogP contribution is 2.22. The first kappa shape index (κ1) is 11.2. The average molecular weight is 400 g/mol. The second-order valence-corrected chi connectivity index (χ2v) is 5.75. The van der Waals surface area contributed by atoms with Crippen molar-refractivity contribution in [1.29, 1.82) is 5.41 Å². The van der Waals surface area contributed by atoms with E-state index >= 15 is 0 Å². The zero-order valence-electron chi connectivity index (χ0n) is 8.61. The van der Waals surface area contributed by atoms with Crippen LogP contribution in [0.4, 0.5) is 0 Å². The zero-order chi connectivity index (χ0) is 12.0. The van der Waals surface area contributed by atoms with Crippen LogP contribution in [0.15, 0.2) is 41.0 Å². The number of hydrogen-bond acceptors (Lipinski definition) is 2. The molecule has 1 aromatic carbocycles. The van der Waals surface area contributed by atoms with Crippen LogP contribution in [0.5, 0.6) is 0 Å². The van der Waals surface area contributed by atoms with Gasteiger partial charge < -0.3 is 0 Å². The van der Waals surface area contributed by atoms with Crippen LogP contribution in [0, 0.1) is 8.98 Å². The molecule has 3 rings (SSSR count). The highest BCUT2D eigenvalue weighted by Gasteiger charge is 2.07. The largest absolute Gasteiger partial charge is 0.286 e. The van der Waals surface area contributed by atoms with E-state index in [9.17, 15) is 0 Å². The summed E-state index contributed by atoms with van der Waals surface area (Å²) in [7, 11) is 0. The molecular weight excluding hydrogens is 393 g/mol. The van der Waals surface area contributed by atoms with Gasteiger partial charge in [-0.25, -0.2) is 4.98 Å². The Morgan fingerprint density at radius 1 is 1.29 bits per heavy atom. The molecule has 5 heteroatoms. The fourth-order valence-electron chi connectivity index (χ4n) is 1.84. The fourth-order valence-corrected chi connectivity index (χ4v) is 3.58. The van der Waals surface area contributed by atoms with Crippen molar-refractivity contribution >= 4 is 55.1 Å². The molecule has 0 saturated carbocycles.